The highest BCUT2D eigenvalue weighted by Gasteiger charge is 2.84. The summed E-state index contributed by atoms with van der Waals surface area (Å²) in [5.41, 5.74) is 0.633. The molecule has 2 N–H and O–H groups in total. The van der Waals surface area contributed by atoms with E-state index in [9.17, 15) is 15.0 Å². The van der Waals surface area contributed by atoms with Crippen molar-refractivity contribution in [2.24, 2.45) is 11.3 Å². The Hall–Kier alpha value is -1.89. The lowest BCUT2D eigenvalue weighted by Crippen LogP contribution is -2.79. The SMILES string of the molecule is CC=C1C(O)N2C3CC45CC3(C(=O)OC)C1CC2C4(O)N(C)c1ccccc15. The van der Waals surface area contributed by atoms with Crippen molar-refractivity contribution in [1.29, 1.82) is 0 Å². The third kappa shape index (κ3) is 1.37. The van der Waals surface area contributed by atoms with Gasteiger partial charge in [-0.1, -0.05) is 24.3 Å². The van der Waals surface area contributed by atoms with Gasteiger partial charge in [-0.15, -0.1) is 0 Å². The van der Waals surface area contributed by atoms with Crippen LogP contribution in [0.25, 0.3) is 0 Å². The minimum Gasteiger partial charge on any atom is -0.469 e. The first-order valence-electron chi connectivity index (χ1n) is 10.1. The number of likely N-dealkylation sites (N-methyl/N-ethyl adjacent to an activating group) is 1. The zero-order valence-electron chi connectivity index (χ0n) is 16.4. The third-order valence-corrected chi connectivity index (χ3v) is 8.87. The number of nitrogens with zero attached hydrogens (tertiary/aromatic N) is 2. The molecule has 6 heteroatoms. The monoisotopic (exact) mass is 382 g/mol. The standard InChI is InChI=1S/C22H26N2O4/c1-4-12-14-9-16-22(27)20(13-7-5-6-8-15(13)23(22)2)10-17(24(16)18(12)25)21(14,11-20)19(26)28-3/h4-8,14,16-18,25,27H,9-11H2,1-3H3. The number of ether oxygens (including phenoxy) is 1. The van der Waals surface area contributed by atoms with E-state index in [-0.39, 0.29) is 24.0 Å². The smallest absolute Gasteiger partial charge is 0.314 e. The van der Waals surface area contributed by atoms with Gasteiger partial charge >= 0.3 is 5.97 Å². The molecule has 0 radical (unpaired) electrons. The highest BCUT2D eigenvalue weighted by Crippen LogP contribution is 2.76. The Bertz CT molecular complexity index is 946. The van der Waals surface area contributed by atoms with Gasteiger partial charge in [0, 0.05) is 30.1 Å². The van der Waals surface area contributed by atoms with Gasteiger partial charge in [0.05, 0.1) is 18.6 Å². The molecule has 5 fully saturated rings. The fourth-order valence-corrected chi connectivity index (χ4v) is 7.99. The van der Waals surface area contributed by atoms with E-state index in [1.54, 1.807) is 0 Å². The Morgan fingerprint density at radius 2 is 2.07 bits per heavy atom. The second-order valence-corrected chi connectivity index (χ2v) is 9.23. The van der Waals surface area contributed by atoms with Gasteiger partial charge in [0.2, 0.25) is 0 Å². The fraction of sp³-hybridized carbons (Fsp3) is 0.591. The summed E-state index contributed by atoms with van der Waals surface area (Å²) < 4.78 is 5.37. The summed E-state index contributed by atoms with van der Waals surface area (Å²) in [5, 5.41) is 23.5. The predicted octanol–water partition coefficient (Wildman–Crippen LogP) is 1.37. The number of carbonyl (C=O) groups excluding carboxylic acids is 1. The van der Waals surface area contributed by atoms with Gasteiger partial charge in [-0.25, -0.2) is 0 Å². The van der Waals surface area contributed by atoms with E-state index in [2.05, 4.69) is 6.07 Å². The minimum atomic E-state index is -1.15. The van der Waals surface area contributed by atoms with Gasteiger partial charge in [-0.3, -0.25) is 9.69 Å². The molecule has 28 heavy (non-hydrogen) atoms. The molecule has 8 atom stereocenters. The van der Waals surface area contributed by atoms with Gasteiger partial charge in [-0.05, 0) is 43.4 Å². The van der Waals surface area contributed by atoms with Crippen LogP contribution >= 0.6 is 0 Å². The molecule has 148 valence electrons. The zero-order valence-corrected chi connectivity index (χ0v) is 16.4. The molecule has 1 saturated carbocycles. The topological polar surface area (TPSA) is 73.2 Å². The molecule has 0 amide bonds. The number of benzene rings is 1. The Morgan fingerprint density at radius 1 is 1.32 bits per heavy atom. The lowest BCUT2D eigenvalue weighted by molar-refractivity contribution is -0.223. The van der Waals surface area contributed by atoms with Gasteiger partial charge in [0.15, 0.2) is 5.72 Å². The summed E-state index contributed by atoms with van der Waals surface area (Å²) in [6, 6.07) is 7.81. The molecule has 4 saturated heterocycles. The van der Waals surface area contributed by atoms with Gasteiger partial charge in [-0.2, -0.15) is 0 Å². The van der Waals surface area contributed by atoms with Gasteiger partial charge < -0.3 is 19.8 Å². The second-order valence-electron chi connectivity index (χ2n) is 9.23. The number of carbonyl (C=O) groups is 1. The molecule has 5 aliphatic heterocycles. The van der Waals surface area contributed by atoms with Crippen molar-refractivity contribution in [2.45, 2.75) is 55.6 Å². The number of aliphatic hydroxyl groups excluding tert-OH is 1. The fourth-order valence-electron chi connectivity index (χ4n) is 7.99. The number of hydrogen-bond acceptors (Lipinski definition) is 6. The molecule has 5 bridgehead atoms. The molecule has 5 heterocycles. The van der Waals surface area contributed by atoms with Crippen LogP contribution in [0.1, 0.15) is 31.7 Å². The predicted molar refractivity (Wildman–Crippen MR) is 102 cm³/mol. The van der Waals surface area contributed by atoms with Crippen LogP contribution in [0.3, 0.4) is 0 Å². The van der Waals surface area contributed by atoms with Crippen LogP contribution in [0.5, 0.6) is 0 Å². The average Bonchev–Trinajstić information content (AvgIpc) is 3.13. The number of para-hydroxylation sites is 1. The number of piperidine rings is 4. The van der Waals surface area contributed by atoms with Crippen molar-refractivity contribution >= 4 is 11.7 Å². The van der Waals surface area contributed by atoms with Gasteiger partial charge in [0.25, 0.3) is 0 Å². The van der Waals surface area contributed by atoms with Crippen LogP contribution in [0.4, 0.5) is 5.69 Å². The van der Waals surface area contributed by atoms with Crippen LogP contribution in [-0.4, -0.2) is 59.3 Å². The molecule has 0 aromatic heterocycles. The van der Waals surface area contributed by atoms with Crippen LogP contribution in [0.15, 0.2) is 35.9 Å². The quantitative estimate of drug-likeness (QED) is 0.565. The van der Waals surface area contributed by atoms with Crippen LogP contribution in [-0.2, 0) is 14.9 Å². The number of methoxy groups -OCH3 is 1. The molecule has 1 spiro atoms. The maximum absolute atomic E-state index is 13.3. The first kappa shape index (κ1) is 17.0. The Balaban J connectivity index is 1.68. The highest BCUT2D eigenvalue weighted by molar-refractivity contribution is 5.83. The summed E-state index contributed by atoms with van der Waals surface area (Å²) in [5.74, 6) is -0.306. The second kappa shape index (κ2) is 4.81. The molecular formula is C22H26N2O4. The molecular weight excluding hydrogens is 356 g/mol. The summed E-state index contributed by atoms with van der Waals surface area (Å²) >= 11 is 0. The first-order chi connectivity index (χ1) is 13.4. The molecule has 1 aliphatic carbocycles. The highest BCUT2D eigenvalue weighted by atomic mass is 16.5. The normalized spacial score (nSPS) is 50.8. The summed E-state index contributed by atoms with van der Waals surface area (Å²) in [4.78, 5) is 17.3. The maximum atomic E-state index is 13.3. The molecule has 6 aliphatic rings. The number of esters is 1. The summed E-state index contributed by atoms with van der Waals surface area (Å²) in [7, 11) is 3.40. The van der Waals surface area contributed by atoms with Crippen molar-refractivity contribution in [3.63, 3.8) is 0 Å². The van der Waals surface area contributed by atoms with Crippen molar-refractivity contribution in [2.75, 3.05) is 19.1 Å². The zero-order chi connectivity index (χ0) is 19.6. The maximum Gasteiger partial charge on any atom is 0.314 e. The molecule has 8 unspecified atom stereocenters. The van der Waals surface area contributed by atoms with Crippen molar-refractivity contribution in [3.8, 4) is 0 Å². The average molecular weight is 382 g/mol. The lowest BCUT2D eigenvalue weighted by atomic mass is 9.58. The lowest BCUT2D eigenvalue weighted by Gasteiger charge is -2.65. The van der Waals surface area contributed by atoms with Crippen molar-refractivity contribution < 1.29 is 19.7 Å². The van der Waals surface area contributed by atoms with E-state index in [1.807, 2.05) is 48.0 Å². The van der Waals surface area contributed by atoms with Gasteiger partial charge in [0.1, 0.15) is 6.23 Å². The number of hydrogen-bond donors (Lipinski definition) is 2. The van der Waals surface area contributed by atoms with E-state index in [0.29, 0.717) is 19.3 Å². The van der Waals surface area contributed by atoms with E-state index >= 15 is 0 Å². The number of allylic oxidation sites excluding steroid dienone is 1. The third-order valence-electron chi connectivity index (χ3n) is 8.87. The van der Waals surface area contributed by atoms with E-state index in [0.717, 1.165) is 16.8 Å². The number of anilines is 1. The Kier molecular flexibility index (Phi) is 2.92. The number of fused-ring (bicyclic) bond motifs is 2. The molecule has 1 aromatic rings. The first-order valence-corrected chi connectivity index (χ1v) is 10.1. The molecule has 7 rings (SSSR count). The van der Waals surface area contributed by atoms with Crippen LogP contribution in [0.2, 0.25) is 0 Å². The molecule has 6 nitrogen and oxygen atoms in total. The Labute approximate surface area is 164 Å². The van der Waals surface area contributed by atoms with Crippen molar-refractivity contribution in [3.05, 3.63) is 41.5 Å². The van der Waals surface area contributed by atoms with Crippen LogP contribution in [0, 0.1) is 11.3 Å². The van der Waals surface area contributed by atoms with E-state index in [1.165, 1.54) is 7.11 Å². The number of rotatable bonds is 1. The minimum absolute atomic E-state index is 0.102. The summed E-state index contributed by atoms with van der Waals surface area (Å²) in [6.45, 7) is 1.93. The number of aliphatic hydroxyl groups is 2. The van der Waals surface area contributed by atoms with Crippen molar-refractivity contribution in [1.82, 2.24) is 4.90 Å². The van der Waals surface area contributed by atoms with E-state index in [4.69, 9.17) is 4.74 Å². The van der Waals surface area contributed by atoms with E-state index < -0.39 is 22.8 Å². The summed E-state index contributed by atoms with van der Waals surface area (Å²) in [6.07, 6.45) is 3.05. The Morgan fingerprint density at radius 3 is 2.79 bits per heavy atom. The van der Waals surface area contributed by atoms with Crippen LogP contribution < -0.4 is 4.90 Å². The molecule has 1 aromatic carbocycles. The largest absolute Gasteiger partial charge is 0.469 e.